The first-order valence-electron chi connectivity index (χ1n) is 11.2. The number of benzene rings is 2. The van der Waals surface area contributed by atoms with Gasteiger partial charge in [-0.15, -0.1) is 11.8 Å². The average Bonchev–Trinajstić information content (AvgIpc) is 3.37. The van der Waals surface area contributed by atoms with Crippen molar-refractivity contribution in [2.75, 3.05) is 12.3 Å². The number of carbonyl (C=O) groups excluding carboxylic acids is 1. The fourth-order valence-corrected chi connectivity index (χ4v) is 5.62. The molecular weight excluding hydrogens is 467 g/mol. The number of nitrogens with zero attached hydrogens (tertiary/aromatic N) is 3. The molecule has 33 heavy (non-hydrogen) atoms. The Bertz CT molecular complexity index is 1150. The van der Waals surface area contributed by atoms with Crippen LogP contribution in [0.2, 0.25) is 0 Å². The van der Waals surface area contributed by atoms with Crippen LogP contribution in [0.15, 0.2) is 70.6 Å². The molecule has 1 amide bonds. The molecule has 4 nitrogen and oxygen atoms in total. The number of aromatic nitrogens is 2. The maximum atomic E-state index is 13.1. The molecule has 0 N–H and O–H groups in total. The van der Waals surface area contributed by atoms with Gasteiger partial charge in [0.1, 0.15) is 4.32 Å². The molecule has 0 aliphatic carbocycles. The van der Waals surface area contributed by atoms with Crippen LogP contribution in [0.3, 0.4) is 0 Å². The minimum atomic E-state index is -0.00536. The van der Waals surface area contributed by atoms with Gasteiger partial charge in [-0.2, -0.15) is 5.10 Å². The zero-order chi connectivity index (χ0) is 23.2. The minimum Gasteiger partial charge on any atom is -0.293 e. The zero-order valence-corrected chi connectivity index (χ0v) is 21.3. The van der Waals surface area contributed by atoms with Gasteiger partial charge in [0.05, 0.1) is 16.3 Å². The van der Waals surface area contributed by atoms with Crippen LogP contribution in [-0.4, -0.2) is 37.2 Å². The number of amides is 1. The number of unbranched alkanes of at least 4 members (excludes halogenated alkanes) is 2. The van der Waals surface area contributed by atoms with Crippen LogP contribution >= 0.6 is 35.7 Å². The Morgan fingerprint density at radius 2 is 1.82 bits per heavy atom. The predicted octanol–water partition coefficient (Wildman–Crippen LogP) is 7.04. The highest BCUT2D eigenvalue weighted by Crippen LogP contribution is 2.35. The topological polar surface area (TPSA) is 38.1 Å². The molecule has 0 radical (unpaired) electrons. The molecule has 170 valence electrons. The van der Waals surface area contributed by atoms with Gasteiger partial charge in [-0.1, -0.05) is 81.0 Å². The summed E-state index contributed by atoms with van der Waals surface area (Å²) in [6.45, 7) is 4.99. The van der Waals surface area contributed by atoms with Gasteiger partial charge in [-0.3, -0.25) is 9.69 Å². The van der Waals surface area contributed by atoms with Crippen LogP contribution in [0.5, 0.6) is 0 Å². The van der Waals surface area contributed by atoms with E-state index in [9.17, 15) is 4.79 Å². The lowest BCUT2D eigenvalue weighted by Gasteiger charge is -2.13. The highest BCUT2D eigenvalue weighted by Gasteiger charge is 2.32. The Kier molecular flexibility index (Phi) is 8.06. The standard InChI is InChI=1S/C26H27N3OS3/c1-3-5-9-16-28-25(30)23(33-26(28)31)17-20-18-29(21-10-7-6-8-11-21)27-24(20)19-12-14-22(15-13-19)32-4-2/h6-8,10-15,17-18H,3-5,9,16H2,1-2H3/b23-17-. The van der Waals surface area contributed by atoms with Crippen molar-refractivity contribution in [3.63, 3.8) is 0 Å². The van der Waals surface area contributed by atoms with Gasteiger partial charge in [0.25, 0.3) is 5.91 Å². The first kappa shape index (κ1) is 23.8. The van der Waals surface area contributed by atoms with E-state index < -0.39 is 0 Å². The molecule has 2 aromatic carbocycles. The van der Waals surface area contributed by atoms with E-state index in [1.165, 1.54) is 16.7 Å². The second kappa shape index (κ2) is 11.2. The number of rotatable bonds is 9. The van der Waals surface area contributed by atoms with Crippen LogP contribution in [0.4, 0.5) is 0 Å². The Morgan fingerprint density at radius 1 is 1.06 bits per heavy atom. The smallest absolute Gasteiger partial charge is 0.266 e. The van der Waals surface area contributed by atoms with Crippen molar-refractivity contribution in [1.82, 2.24) is 14.7 Å². The molecule has 2 heterocycles. The van der Waals surface area contributed by atoms with Crippen molar-refractivity contribution in [2.45, 2.75) is 38.0 Å². The number of thioether (sulfide) groups is 2. The molecule has 0 bridgehead atoms. The summed E-state index contributed by atoms with van der Waals surface area (Å²) in [4.78, 5) is 16.7. The average molecular weight is 494 g/mol. The van der Waals surface area contributed by atoms with E-state index in [1.54, 1.807) is 4.90 Å². The third-order valence-corrected chi connectivity index (χ3v) is 7.62. The van der Waals surface area contributed by atoms with Crippen LogP contribution in [0.25, 0.3) is 23.0 Å². The van der Waals surface area contributed by atoms with Crippen molar-refractivity contribution in [3.8, 4) is 16.9 Å². The second-order valence-electron chi connectivity index (χ2n) is 7.71. The lowest BCUT2D eigenvalue weighted by Crippen LogP contribution is -2.28. The fourth-order valence-electron chi connectivity index (χ4n) is 3.66. The van der Waals surface area contributed by atoms with Gasteiger partial charge in [0.2, 0.25) is 0 Å². The number of para-hydroxylation sites is 1. The third kappa shape index (κ3) is 5.60. The molecule has 0 unspecified atom stereocenters. The van der Waals surface area contributed by atoms with Gasteiger partial charge < -0.3 is 0 Å². The van der Waals surface area contributed by atoms with Gasteiger partial charge in [0, 0.05) is 28.8 Å². The third-order valence-electron chi connectivity index (χ3n) is 5.35. The van der Waals surface area contributed by atoms with Gasteiger partial charge in [0.15, 0.2) is 0 Å². The predicted molar refractivity (Wildman–Crippen MR) is 145 cm³/mol. The van der Waals surface area contributed by atoms with Crippen LogP contribution in [0, 0.1) is 0 Å². The molecule has 0 atom stereocenters. The molecule has 0 saturated carbocycles. The summed E-state index contributed by atoms with van der Waals surface area (Å²) in [5.41, 5.74) is 3.76. The molecule has 0 spiro atoms. The first-order valence-corrected chi connectivity index (χ1v) is 13.5. The SMILES string of the molecule is CCCCCN1C(=O)/C(=C/c2cn(-c3ccccc3)nc2-c2ccc(SCC)cc2)SC1=S. The molecule has 1 aromatic heterocycles. The number of hydrogen-bond donors (Lipinski definition) is 0. The van der Waals surface area contributed by atoms with Crippen LogP contribution in [0.1, 0.15) is 38.7 Å². The Morgan fingerprint density at radius 3 is 2.52 bits per heavy atom. The molecule has 3 aromatic rings. The van der Waals surface area contributed by atoms with Crippen molar-refractivity contribution in [3.05, 3.63) is 71.3 Å². The lowest BCUT2D eigenvalue weighted by atomic mass is 10.1. The van der Waals surface area contributed by atoms with E-state index in [-0.39, 0.29) is 5.91 Å². The molecule has 1 saturated heterocycles. The van der Waals surface area contributed by atoms with Crippen molar-refractivity contribution >= 4 is 52.0 Å². The lowest BCUT2D eigenvalue weighted by molar-refractivity contribution is -0.122. The van der Waals surface area contributed by atoms with Crippen LogP contribution < -0.4 is 0 Å². The summed E-state index contributed by atoms with van der Waals surface area (Å²) in [5.74, 6) is 1.03. The molecular formula is C26H27N3OS3. The Balaban J connectivity index is 1.70. The summed E-state index contributed by atoms with van der Waals surface area (Å²) in [6.07, 6.45) is 7.10. The number of carbonyl (C=O) groups is 1. The van der Waals surface area contributed by atoms with E-state index in [0.717, 1.165) is 47.5 Å². The van der Waals surface area contributed by atoms with E-state index >= 15 is 0 Å². The summed E-state index contributed by atoms with van der Waals surface area (Å²) in [6, 6.07) is 18.5. The molecule has 1 aliphatic rings. The monoisotopic (exact) mass is 493 g/mol. The normalized spacial score (nSPS) is 15.1. The number of hydrogen-bond acceptors (Lipinski definition) is 5. The summed E-state index contributed by atoms with van der Waals surface area (Å²) in [5, 5.41) is 4.89. The van der Waals surface area contributed by atoms with E-state index in [2.05, 4.69) is 38.1 Å². The first-order chi connectivity index (χ1) is 16.1. The summed E-state index contributed by atoms with van der Waals surface area (Å²) >= 11 is 8.71. The zero-order valence-electron chi connectivity index (χ0n) is 18.9. The largest absolute Gasteiger partial charge is 0.293 e. The Hall–Kier alpha value is -2.35. The Labute approximate surface area is 209 Å². The minimum absolute atomic E-state index is 0.00536. The van der Waals surface area contributed by atoms with Crippen molar-refractivity contribution in [1.29, 1.82) is 0 Å². The summed E-state index contributed by atoms with van der Waals surface area (Å²) in [7, 11) is 0. The molecule has 7 heteroatoms. The van der Waals surface area contributed by atoms with Gasteiger partial charge in [-0.25, -0.2) is 4.68 Å². The maximum absolute atomic E-state index is 13.1. The molecule has 1 aliphatic heterocycles. The number of thiocarbonyl (C=S) groups is 1. The van der Waals surface area contributed by atoms with E-state index in [0.29, 0.717) is 15.8 Å². The van der Waals surface area contributed by atoms with E-state index in [1.807, 2.05) is 59.0 Å². The second-order valence-corrected chi connectivity index (χ2v) is 10.7. The highest BCUT2D eigenvalue weighted by molar-refractivity contribution is 8.26. The van der Waals surface area contributed by atoms with Crippen molar-refractivity contribution < 1.29 is 4.79 Å². The molecule has 1 fully saturated rings. The van der Waals surface area contributed by atoms with Crippen LogP contribution in [-0.2, 0) is 4.79 Å². The maximum Gasteiger partial charge on any atom is 0.266 e. The summed E-state index contributed by atoms with van der Waals surface area (Å²) < 4.78 is 2.51. The van der Waals surface area contributed by atoms with E-state index in [4.69, 9.17) is 17.3 Å². The van der Waals surface area contributed by atoms with Gasteiger partial charge in [-0.05, 0) is 42.5 Å². The fraction of sp³-hybridized carbons (Fsp3) is 0.269. The van der Waals surface area contributed by atoms with Crippen molar-refractivity contribution in [2.24, 2.45) is 0 Å². The quantitative estimate of drug-likeness (QED) is 0.138. The highest BCUT2D eigenvalue weighted by atomic mass is 32.2. The van der Waals surface area contributed by atoms with Gasteiger partial charge >= 0.3 is 0 Å². The molecule has 4 rings (SSSR count).